The Morgan fingerprint density at radius 3 is 2.48 bits per heavy atom. The van der Waals surface area contributed by atoms with Crippen LogP contribution in [0.1, 0.15) is 30.1 Å². The Labute approximate surface area is 181 Å². The standard InChI is InChI=1S/C23H26N2O6/c1-2-28-18-5-3-4-6-19(18)29-14-22(26)25-11-9-17(10-12-25)24-23(27)16-7-8-20-21(13-16)31-15-30-20/h3-8,13,17H,2,9-12,14-15H2,1H3,(H,24,27). The Kier molecular flexibility index (Phi) is 6.45. The summed E-state index contributed by atoms with van der Waals surface area (Å²) >= 11 is 0. The fraction of sp³-hybridized carbons (Fsp3) is 0.391. The lowest BCUT2D eigenvalue weighted by atomic mass is 10.0. The van der Waals surface area contributed by atoms with Crippen LogP contribution in [0.5, 0.6) is 23.0 Å². The number of hydrogen-bond donors (Lipinski definition) is 1. The van der Waals surface area contributed by atoms with Crippen LogP contribution in [0.2, 0.25) is 0 Å². The smallest absolute Gasteiger partial charge is 0.260 e. The van der Waals surface area contributed by atoms with E-state index in [1.807, 2.05) is 25.1 Å². The molecule has 2 aromatic carbocycles. The predicted octanol–water partition coefficient (Wildman–Crippen LogP) is 2.61. The first-order valence-electron chi connectivity index (χ1n) is 10.5. The fourth-order valence-electron chi connectivity index (χ4n) is 3.65. The first kappa shape index (κ1) is 20.8. The van der Waals surface area contributed by atoms with Crippen molar-refractivity contribution in [3.8, 4) is 23.0 Å². The summed E-state index contributed by atoms with van der Waals surface area (Å²) in [6.45, 7) is 3.70. The number of nitrogens with zero attached hydrogens (tertiary/aromatic N) is 1. The maximum atomic E-state index is 12.6. The predicted molar refractivity (Wildman–Crippen MR) is 113 cm³/mol. The van der Waals surface area contributed by atoms with E-state index in [1.54, 1.807) is 29.2 Å². The summed E-state index contributed by atoms with van der Waals surface area (Å²) in [5, 5.41) is 3.04. The highest BCUT2D eigenvalue weighted by Gasteiger charge is 2.25. The van der Waals surface area contributed by atoms with Gasteiger partial charge in [-0.25, -0.2) is 0 Å². The summed E-state index contributed by atoms with van der Waals surface area (Å²) in [6.07, 6.45) is 1.38. The summed E-state index contributed by atoms with van der Waals surface area (Å²) in [4.78, 5) is 26.9. The molecule has 2 aliphatic rings. The van der Waals surface area contributed by atoms with Gasteiger partial charge < -0.3 is 29.2 Å². The van der Waals surface area contributed by atoms with Crippen molar-refractivity contribution in [1.82, 2.24) is 10.2 Å². The lowest BCUT2D eigenvalue weighted by molar-refractivity contribution is -0.134. The second kappa shape index (κ2) is 9.59. The number of nitrogens with one attached hydrogen (secondary N) is 1. The Balaban J connectivity index is 1.24. The third-order valence-electron chi connectivity index (χ3n) is 5.32. The van der Waals surface area contributed by atoms with Crippen LogP contribution >= 0.6 is 0 Å². The van der Waals surface area contributed by atoms with E-state index in [9.17, 15) is 9.59 Å². The molecule has 1 saturated heterocycles. The Morgan fingerprint density at radius 2 is 1.74 bits per heavy atom. The Hall–Kier alpha value is -3.42. The topological polar surface area (TPSA) is 86.3 Å². The number of likely N-dealkylation sites (tertiary alicyclic amines) is 1. The van der Waals surface area contributed by atoms with Gasteiger partial charge in [-0.3, -0.25) is 9.59 Å². The van der Waals surface area contributed by atoms with E-state index in [1.165, 1.54) is 0 Å². The molecule has 0 unspecified atom stereocenters. The zero-order valence-electron chi connectivity index (χ0n) is 17.5. The molecular formula is C23H26N2O6. The van der Waals surface area contributed by atoms with Crippen LogP contribution < -0.4 is 24.3 Å². The van der Waals surface area contributed by atoms with Crippen molar-refractivity contribution >= 4 is 11.8 Å². The number of amides is 2. The molecule has 164 valence electrons. The summed E-state index contributed by atoms with van der Waals surface area (Å²) < 4.78 is 21.8. The van der Waals surface area contributed by atoms with Gasteiger partial charge in [-0.15, -0.1) is 0 Å². The molecule has 2 aromatic rings. The molecule has 0 aromatic heterocycles. The number of piperidine rings is 1. The summed E-state index contributed by atoms with van der Waals surface area (Å²) in [5.74, 6) is 2.19. The number of hydrogen-bond acceptors (Lipinski definition) is 6. The quantitative estimate of drug-likeness (QED) is 0.733. The summed E-state index contributed by atoms with van der Waals surface area (Å²) in [5.41, 5.74) is 0.532. The van der Waals surface area contributed by atoms with Gasteiger partial charge in [0.2, 0.25) is 6.79 Å². The maximum absolute atomic E-state index is 12.6. The zero-order chi connectivity index (χ0) is 21.6. The van der Waals surface area contributed by atoms with Crippen molar-refractivity contribution in [2.45, 2.75) is 25.8 Å². The van der Waals surface area contributed by atoms with E-state index in [-0.39, 0.29) is 31.3 Å². The molecule has 8 nitrogen and oxygen atoms in total. The van der Waals surface area contributed by atoms with Crippen LogP contribution in [0.3, 0.4) is 0 Å². The van der Waals surface area contributed by atoms with E-state index in [2.05, 4.69) is 5.32 Å². The molecule has 8 heteroatoms. The van der Waals surface area contributed by atoms with Crippen LogP contribution in [0.15, 0.2) is 42.5 Å². The van der Waals surface area contributed by atoms with Gasteiger partial charge in [0.25, 0.3) is 11.8 Å². The van der Waals surface area contributed by atoms with E-state index < -0.39 is 0 Å². The van der Waals surface area contributed by atoms with Crippen molar-refractivity contribution in [2.24, 2.45) is 0 Å². The second-order valence-electron chi connectivity index (χ2n) is 7.36. The van der Waals surface area contributed by atoms with Gasteiger partial charge in [-0.2, -0.15) is 0 Å². The largest absolute Gasteiger partial charge is 0.490 e. The minimum Gasteiger partial charge on any atom is -0.490 e. The van der Waals surface area contributed by atoms with Crippen molar-refractivity contribution < 1.29 is 28.5 Å². The third kappa shape index (κ3) is 5.02. The molecule has 1 N–H and O–H groups in total. The van der Waals surface area contributed by atoms with Gasteiger partial charge in [-0.1, -0.05) is 12.1 Å². The average molecular weight is 426 g/mol. The molecule has 0 aliphatic carbocycles. The molecule has 2 amide bonds. The molecule has 4 rings (SSSR count). The average Bonchev–Trinajstić information content (AvgIpc) is 3.27. The monoisotopic (exact) mass is 426 g/mol. The number of para-hydroxylation sites is 2. The van der Waals surface area contributed by atoms with Gasteiger partial charge in [-0.05, 0) is 50.1 Å². The van der Waals surface area contributed by atoms with Gasteiger partial charge in [0.05, 0.1) is 6.61 Å². The summed E-state index contributed by atoms with van der Waals surface area (Å²) in [7, 11) is 0. The SMILES string of the molecule is CCOc1ccccc1OCC(=O)N1CCC(NC(=O)c2ccc3c(c2)OCO3)CC1. The van der Waals surface area contributed by atoms with Gasteiger partial charge in [0.1, 0.15) is 0 Å². The first-order chi connectivity index (χ1) is 15.1. The molecule has 2 heterocycles. The molecule has 0 radical (unpaired) electrons. The first-order valence-corrected chi connectivity index (χ1v) is 10.5. The summed E-state index contributed by atoms with van der Waals surface area (Å²) in [6, 6.07) is 12.5. The van der Waals surface area contributed by atoms with E-state index >= 15 is 0 Å². The van der Waals surface area contributed by atoms with Crippen LogP contribution in [-0.2, 0) is 4.79 Å². The number of carbonyl (C=O) groups is 2. The minimum atomic E-state index is -0.154. The molecule has 2 aliphatic heterocycles. The van der Waals surface area contributed by atoms with Crippen LogP contribution in [0.4, 0.5) is 0 Å². The minimum absolute atomic E-state index is 0.0153. The number of benzene rings is 2. The highest BCUT2D eigenvalue weighted by molar-refractivity contribution is 5.95. The van der Waals surface area contributed by atoms with Gasteiger partial charge >= 0.3 is 0 Å². The molecule has 0 bridgehead atoms. The van der Waals surface area contributed by atoms with Crippen LogP contribution in [0.25, 0.3) is 0 Å². The van der Waals surface area contributed by atoms with E-state index in [4.69, 9.17) is 18.9 Å². The Bertz CT molecular complexity index is 939. The number of ether oxygens (including phenoxy) is 4. The highest BCUT2D eigenvalue weighted by Crippen LogP contribution is 2.32. The number of carbonyl (C=O) groups excluding carboxylic acids is 2. The second-order valence-corrected chi connectivity index (χ2v) is 7.36. The maximum Gasteiger partial charge on any atom is 0.260 e. The number of rotatable bonds is 7. The van der Waals surface area contributed by atoms with Crippen molar-refractivity contribution in [3.63, 3.8) is 0 Å². The molecule has 0 saturated carbocycles. The molecule has 0 spiro atoms. The zero-order valence-corrected chi connectivity index (χ0v) is 17.5. The van der Waals surface area contributed by atoms with E-state index in [0.717, 1.165) is 0 Å². The third-order valence-corrected chi connectivity index (χ3v) is 5.32. The van der Waals surface area contributed by atoms with Gasteiger partial charge in [0.15, 0.2) is 29.6 Å². The van der Waals surface area contributed by atoms with Crippen molar-refractivity contribution in [3.05, 3.63) is 48.0 Å². The van der Waals surface area contributed by atoms with E-state index in [0.29, 0.717) is 61.1 Å². The molecule has 0 atom stereocenters. The lowest BCUT2D eigenvalue weighted by Crippen LogP contribution is -2.47. The van der Waals surface area contributed by atoms with Gasteiger partial charge in [0, 0.05) is 24.7 Å². The molecular weight excluding hydrogens is 400 g/mol. The molecule has 31 heavy (non-hydrogen) atoms. The fourth-order valence-corrected chi connectivity index (χ4v) is 3.65. The number of fused-ring (bicyclic) bond motifs is 1. The van der Waals surface area contributed by atoms with Crippen molar-refractivity contribution in [2.75, 3.05) is 33.1 Å². The Morgan fingerprint density at radius 1 is 1.03 bits per heavy atom. The van der Waals surface area contributed by atoms with Crippen molar-refractivity contribution in [1.29, 1.82) is 0 Å². The molecule has 1 fully saturated rings. The highest BCUT2D eigenvalue weighted by atomic mass is 16.7. The van der Waals surface area contributed by atoms with Crippen LogP contribution in [0, 0.1) is 0 Å². The van der Waals surface area contributed by atoms with Crippen LogP contribution in [-0.4, -0.2) is 55.9 Å². The normalized spacial score (nSPS) is 15.5. The lowest BCUT2D eigenvalue weighted by Gasteiger charge is -2.32.